The van der Waals surface area contributed by atoms with Crippen molar-refractivity contribution in [2.45, 2.75) is 44.2 Å². The summed E-state index contributed by atoms with van der Waals surface area (Å²) in [5.41, 5.74) is 1.43. The number of urea groups is 1. The van der Waals surface area contributed by atoms with Gasteiger partial charge in [0.05, 0.1) is 21.3 Å². The Morgan fingerprint density at radius 2 is 1.66 bits per heavy atom. The van der Waals surface area contributed by atoms with Gasteiger partial charge >= 0.3 is 6.03 Å². The molecule has 3 amide bonds. The van der Waals surface area contributed by atoms with E-state index in [1.54, 1.807) is 21.3 Å². The molecular weight excluding hydrogens is 446 g/mol. The third-order valence-corrected chi connectivity index (χ3v) is 7.31. The van der Waals surface area contributed by atoms with E-state index in [-0.39, 0.29) is 17.9 Å². The van der Waals surface area contributed by atoms with Gasteiger partial charge in [0.15, 0.2) is 11.5 Å². The van der Waals surface area contributed by atoms with Crippen LogP contribution < -0.4 is 24.8 Å². The number of likely N-dealkylation sites (tertiary alicyclic amines) is 1. The normalized spacial score (nSPS) is 20.9. The van der Waals surface area contributed by atoms with Crippen LogP contribution in [0, 0.1) is 5.92 Å². The van der Waals surface area contributed by atoms with Crippen molar-refractivity contribution in [3.63, 3.8) is 0 Å². The summed E-state index contributed by atoms with van der Waals surface area (Å²) in [6, 6.07) is 13.8. The van der Waals surface area contributed by atoms with E-state index in [1.807, 2.05) is 30.3 Å². The van der Waals surface area contributed by atoms with E-state index in [9.17, 15) is 9.59 Å². The van der Waals surface area contributed by atoms with E-state index >= 15 is 0 Å². The lowest BCUT2D eigenvalue weighted by Crippen LogP contribution is -2.56. The Hall–Kier alpha value is -3.26. The predicted octanol–water partition coefficient (Wildman–Crippen LogP) is 3.53. The van der Waals surface area contributed by atoms with Crippen LogP contribution in [0.25, 0.3) is 0 Å². The maximum absolute atomic E-state index is 13.0. The fourth-order valence-corrected chi connectivity index (χ4v) is 5.50. The van der Waals surface area contributed by atoms with E-state index in [4.69, 9.17) is 14.2 Å². The first kappa shape index (κ1) is 24.9. The molecule has 2 saturated heterocycles. The van der Waals surface area contributed by atoms with Gasteiger partial charge < -0.3 is 19.5 Å². The van der Waals surface area contributed by atoms with E-state index in [2.05, 4.69) is 27.7 Å². The maximum Gasteiger partial charge on any atom is 0.322 e. The Kier molecular flexibility index (Phi) is 7.80. The second-order valence-electron chi connectivity index (χ2n) is 9.26. The summed E-state index contributed by atoms with van der Waals surface area (Å²) < 4.78 is 16.6. The van der Waals surface area contributed by atoms with Crippen molar-refractivity contribution in [2.24, 2.45) is 5.92 Å². The number of nitrogens with one attached hydrogen (secondary N) is 2. The summed E-state index contributed by atoms with van der Waals surface area (Å²) in [7, 11) is 4.84. The molecule has 35 heavy (non-hydrogen) atoms. The third kappa shape index (κ3) is 5.22. The molecule has 2 fully saturated rings. The van der Waals surface area contributed by atoms with Crippen LogP contribution in [0.5, 0.6) is 17.2 Å². The van der Waals surface area contributed by atoms with Gasteiger partial charge in [-0.15, -0.1) is 0 Å². The Balaban J connectivity index is 1.42. The Bertz CT molecular complexity index is 1040. The molecule has 1 atom stereocenters. The van der Waals surface area contributed by atoms with Gasteiger partial charge in [-0.05, 0) is 62.7 Å². The van der Waals surface area contributed by atoms with Crippen LogP contribution in [0.4, 0.5) is 4.79 Å². The molecule has 0 radical (unpaired) electrons. The highest BCUT2D eigenvalue weighted by Gasteiger charge is 2.51. The SMILES string of the molecule is COc1ccc(CN2CCC([C@]3(CCCc4ccccc4)NC(=O)NC3=O)CC2)c(OC)c1OC. The quantitative estimate of drug-likeness (QED) is 0.505. The minimum atomic E-state index is -0.834. The lowest BCUT2D eigenvalue weighted by atomic mass is 9.74. The number of benzene rings is 2. The Morgan fingerprint density at radius 3 is 2.26 bits per heavy atom. The average molecular weight is 482 g/mol. The zero-order valence-corrected chi connectivity index (χ0v) is 20.8. The molecule has 0 bridgehead atoms. The third-order valence-electron chi connectivity index (χ3n) is 7.31. The molecule has 2 N–H and O–H groups in total. The minimum Gasteiger partial charge on any atom is -0.493 e. The van der Waals surface area contributed by atoms with Crippen molar-refractivity contribution in [1.82, 2.24) is 15.5 Å². The highest BCUT2D eigenvalue weighted by Crippen LogP contribution is 2.41. The van der Waals surface area contributed by atoms with E-state index < -0.39 is 5.54 Å². The summed E-state index contributed by atoms with van der Waals surface area (Å²) in [5, 5.41) is 5.51. The Morgan fingerprint density at radius 1 is 0.943 bits per heavy atom. The van der Waals surface area contributed by atoms with Crippen molar-refractivity contribution >= 4 is 11.9 Å². The van der Waals surface area contributed by atoms with E-state index in [1.165, 1.54) is 5.56 Å². The van der Waals surface area contributed by atoms with E-state index in [0.29, 0.717) is 30.2 Å². The number of piperidine rings is 1. The first-order chi connectivity index (χ1) is 17.0. The standard InChI is InChI=1S/C27H35N3O5/c1-33-22-12-11-20(23(34-2)24(22)35-3)18-30-16-13-21(14-17-30)27(25(31)28-26(32)29-27)15-7-10-19-8-5-4-6-9-19/h4-6,8-9,11-12,21H,7,10,13-18H2,1-3H3,(H2,28,29,31,32)/t27-/m0/s1. The summed E-state index contributed by atoms with van der Waals surface area (Å²) in [4.78, 5) is 27.5. The van der Waals surface area contributed by atoms with Gasteiger partial charge in [-0.3, -0.25) is 15.0 Å². The molecule has 0 spiro atoms. The van der Waals surface area contributed by atoms with Crippen LogP contribution in [-0.4, -0.2) is 56.8 Å². The minimum absolute atomic E-state index is 0.0910. The largest absolute Gasteiger partial charge is 0.493 e. The zero-order valence-electron chi connectivity index (χ0n) is 20.8. The van der Waals surface area contributed by atoms with Crippen LogP contribution in [-0.2, 0) is 17.8 Å². The molecule has 0 saturated carbocycles. The highest BCUT2D eigenvalue weighted by atomic mass is 16.5. The second kappa shape index (κ2) is 11.0. The predicted molar refractivity (Wildman–Crippen MR) is 133 cm³/mol. The van der Waals surface area contributed by atoms with E-state index in [0.717, 1.165) is 44.3 Å². The summed E-state index contributed by atoms with van der Waals surface area (Å²) in [6.45, 7) is 2.35. The molecule has 0 aliphatic carbocycles. The molecule has 2 aliphatic rings. The summed E-state index contributed by atoms with van der Waals surface area (Å²) in [6.07, 6.45) is 4.00. The molecule has 0 unspecified atom stereocenters. The number of nitrogens with zero attached hydrogens (tertiary/aromatic N) is 1. The molecule has 2 aromatic carbocycles. The van der Waals surface area contributed by atoms with Crippen molar-refractivity contribution in [2.75, 3.05) is 34.4 Å². The van der Waals surface area contributed by atoms with Crippen molar-refractivity contribution in [3.05, 3.63) is 53.6 Å². The molecule has 8 nitrogen and oxygen atoms in total. The van der Waals surface area contributed by atoms with Gasteiger partial charge in [-0.25, -0.2) is 4.79 Å². The number of hydrogen-bond donors (Lipinski definition) is 2. The van der Waals surface area contributed by atoms with Crippen LogP contribution in [0.2, 0.25) is 0 Å². The molecule has 4 rings (SSSR count). The monoisotopic (exact) mass is 481 g/mol. The second-order valence-corrected chi connectivity index (χ2v) is 9.26. The Labute approximate surface area is 206 Å². The van der Waals surface area contributed by atoms with Crippen molar-refractivity contribution in [3.8, 4) is 17.2 Å². The molecular formula is C27H35N3O5. The number of methoxy groups -OCH3 is 3. The van der Waals surface area contributed by atoms with Crippen molar-refractivity contribution < 1.29 is 23.8 Å². The van der Waals surface area contributed by atoms with Gasteiger partial charge in [0.25, 0.3) is 5.91 Å². The molecule has 2 heterocycles. The summed E-state index contributed by atoms with van der Waals surface area (Å²) in [5.74, 6) is 1.80. The molecule has 8 heteroatoms. The van der Waals surface area contributed by atoms with Crippen molar-refractivity contribution in [1.29, 1.82) is 0 Å². The highest BCUT2D eigenvalue weighted by molar-refractivity contribution is 6.07. The number of amides is 3. The first-order valence-corrected chi connectivity index (χ1v) is 12.2. The summed E-state index contributed by atoms with van der Waals surface area (Å²) >= 11 is 0. The van der Waals surface area contributed by atoms with Crippen LogP contribution in [0.3, 0.4) is 0 Å². The number of carbonyl (C=O) groups excluding carboxylic acids is 2. The number of imide groups is 1. The fraction of sp³-hybridized carbons (Fsp3) is 0.481. The molecule has 188 valence electrons. The van der Waals surface area contributed by atoms with Gasteiger partial charge in [0.1, 0.15) is 5.54 Å². The first-order valence-electron chi connectivity index (χ1n) is 12.2. The maximum atomic E-state index is 13.0. The van der Waals surface area contributed by atoms with Crippen LogP contribution in [0.15, 0.2) is 42.5 Å². The molecule has 0 aromatic heterocycles. The smallest absolute Gasteiger partial charge is 0.322 e. The molecule has 2 aromatic rings. The zero-order chi connectivity index (χ0) is 24.8. The number of ether oxygens (including phenoxy) is 3. The van der Waals surface area contributed by atoms with Crippen LogP contribution >= 0.6 is 0 Å². The van der Waals surface area contributed by atoms with Gasteiger partial charge in [-0.1, -0.05) is 36.4 Å². The van der Waals surface area contributed by atoms with Gasteiger partial charge in [0.2, 0.25) is 5.75 Å². The van der Waals surface area contributed by atoms with Gasteiger partial charge in [-0.2, -0.15) is 0 Å². The number of carbonyl (C=O) groups is 2. The topological polar surface area (TPSA) is 89.1 Å². The fourth-order valence-electron chi connectivity index (χ4n) is 5.50. The average Bonchev–Trinajstić information content (AvgIpc) is 3.18. The lowest BCUT2D eigenvalue weighted by molar-refractivity contribution is -0.127. The number of rotatable bonds is 10. The van der Waals surface area contributed by atoms with Crippen LogP contribution in [0.1, 0.15) is 36.8 Å². The van der Waals surface area contributed by atoms with Gasteiger partial charge in [0, 0.05) is 12.1 Å². The number of aryl methyl sites for hydroxylation is 1. The molecule has 2 aliphatic heterocycles. The number of hydrogen-bond acceptors (Lipinski definition) is 6. The lowest BCUT2D eigenvalue weighted by Gasteiger charge is -2.41.